The standard InChI is InChI=1S/C16H15F2N3/c1-10(11-6-12(17)8-13(18)7-11)19-9-16-20-14-4-2-3-5-15(14)21-16/h2-8,10,19H,9H2,1H3,(H,20,21). The van der Waals surface area contributed by atoms with E-state index in [1.807, 2.05) is 31.2 Å². The van der Waals surface area contributed by atoms with Crippen molar-refractivity contribution in [1.29, 1.82) is 0 Å². The second kappa shape index (κ2) is 5.61. The van der Waals surface area contributed by atoms with Crippen LogP contribution in [-0.4, -0.2) is 9.97 Å². The molecular weight excluding hydrogens is 272 g/mol. The molecule has 2 aromatic carbocycles. The first-order valence-corrected chi connectivity index (χ1v) is 6.75. The smallest absolute Gasteiger partial charge is 0.126 e. The highest BCUT2D eigenvalue weighted by molar-refractivity contribution is 5.74. The monoisotopic (exact) mass is 287 g/mol. The highest BCUT2D eigenvalue weighted by atomic mass is 19.1. The van der Waals surface area contributed by atoms with Gasteiger partial charge in [-0.15, -0.1) is 0 Å². The topological polar surface area (TPSA) is 40.7 Å². The molecule has 1 heterocycles. The minimum Gasteiger partial charge on any atom is -0.341 e. The lowest BCUT2D eigenvalue weighted by Crippen LogP contribution is -2.19. The molecule has 3 nitrogen and oxygen atoms in total. The maximum absolute atomic E-state index is 13.2. The molecule has 108 valence electrons. The van der Waals surface area contributed by atoms with Gasteiger partial charge < -0.3 is 10.3 Å². The van der Waals surface area contributed by atoms with Gasteiger partial charge in [-0.1, -0.05) is 12.1 Å². The van der Waals surface area contributed by atoms with E-state index < -0.39 is 11.6 Å². The molecule has 0 saturated carbocycles. The maximum atomic E-state index is 13.2. The Morgan fingerprint density at radius 3 is 2.57 bits per heavy atom. The van der Waals surface area contributed by atoms with Gasteiger partial charge in [-0.05, 0) is 36.8 Å². The summed E-state index contributed by atoms with van der Waals surface area (Å²) in [6, 6.07) is 11.1. The van der Waals surface area contributed by atoms with E-state index in [2.05, 4.69) is 15.3 Å². The van der Waals surface area contributed by atoms with Crippen LogP contribution < -0.4 is 5.32 Å². The first-order valence-electron chi connectivity index (χ1n) is 6.75. The molecule has 1 atom stereocenters. The van der Waals surface area contributed by atoms with E-state index in [1.54, 1.807) is 0 Å². The van der Waals surface area contributed by atoms with Gasteiger partial charge >= 0.3 is 0 Å². The lowest BCUT2D eigenvalue weighted by molar-refractivity contribution is 0.539. The van der Waals surface area contributed by atoms with E-state index >= 15 is 0 Å². The first-order chi connectivity index (χ1) is 10.1. The van der Waals surface area contributed by atoms with Crippen LogP contribution in [0, 0.1) is 11.6 Å². The number of hydrogen-bond acceptors (Lipinski definition) is 2. The molecule has 0 aliphatic heterocycles. The van der Waals surface area contributed by atoms with E-state index in [9.17, 15) is 8.78 Å². The molecule has 0 amide bonds. The summed E-state index contributed by atoms with van der Waals surface area (Å²) < 4.78 is 26.4. The zero-order valence-corrected chi connectivity index (χ0v) is 11.5. The lowest BCUT2D eigenvalue weighted by atomic mass is 10.1. The quantitative estimate of drug-likeness (QED) is 0.768. The Bertz CT molecular complexity index is 714. The summed E-state index contributed by atoms with van der Waals surface area (Å²) in [4.78, 5) is 7.65. The van der Waals surface area contributed by atoms with Crippen molar-refractivity contribution in [3.63, 3.8) is 0 Å². The van der Waals surface area contributed by atoms with Crippen molar-refractivity contribution in [2.45, 2.75) is 19.5 Å². The second-order valence-electron chi connectivity index (χ2n) is 5.01. The van der Waals surface area contributed by atoms with Gasteiger partial charge in [0, 0.05) is 12.1 Å². The highest BCUT2D eigenvalue weighted by Crippen LogP contribution is 2.17. The number of benzene rings is 2. The minimum absolute atomic E-state index is 0.177. The van der Waals surface area contributed by atoms with Crippen molar-refractivity contribution in [2.24, 2.45) is 0 Å². The average Bonchev–Trinajstić information content (AvgIpc) is 2.86. The van der Waals surface area contributed by atoms with Gasteiger partial charge in [-0.3, -0.25) is 0 Å². The van der Waals surface area contributed by atoms with Crippen molar-refractivity contribution in [2.75, 3.05) is 0 Å². The van der Waals surface area contributed by atoms with Crippen molar-refractivity contribution in [3.8, 4) is 0 Å². The van der Waals surface area contributed by atoms with E-state index in [1.165, 1.54) is 12.1 Å². The molecule has 3 aromatic rings. The SMILES string of the molecule is CC(NCc1nc2ccccc2[nH]1)c1cc(F)cc(F)c1. The molecule has 5 heteroatoms. The number of hydrogen-bond donors (Lipinski definition) is 2. The van der Waals surface area contributed by atoms with Crippen LogP contribution in [-0.2, 0) is 6.54 Å². The number of aromatic nitrogens is 2. The summed E-state index contributed by atoms with van der Waals surface area (Å²) in [7, 11) is 0. The van der Waals surface area contributed by atoms with Gasteiger partial charge in [0.25, 0.3) is 0 Å². The Hall–Kier alpha value is -2.27. The largest absolute Gasteiger partial charge is 0.341 e. The summed E-state index contributed by atoms with van der Waals surface area (Å²) >= 11 is 0. The first kappa shape index (κ1) is 13.7. The lowest BCUT2D eigenvalue weighted by Gasteiger charge is -2.13. The fourth-order valence-corrected chi connectivity index (χ4v) is 2.28. The molecule has 0 fully saturated rings. The number of nitrogens with zero attached hydrogens (tertiary/aromatic N) is 1. The summed E-state index contributed by atoms with van der Waals surface area (Å²) in [5.41, 5.74) is 2.45. The van der Waals surface area contributed by atoms with Gasteiger partial charge in [0.05, 0.1) is 17.6 Å². The third-order valence-corrected chi connectivity index (χ3v) is 3.40. The zero-order chi connectivity index (χ0) is 14.8. The van der Waals surface area contributed by atoms with Crippen molar-refractivity contribution in [1.82, 2.24) is 15.3 Å². The fourth-order valence-electron chi connectivity index (χ4n) is 2.28. The molecule has 1 aromatic heterocycles. The second-order valence-corrected chi connectivity index (χ2v) is 5.01. The minimum atomic E-state index is -0.567. The predicted molar refractivity (Wildman–Crippen MR) is 77.7 cm³/mol. The van der Waals surface area contributed by atoms with E-state index in [-0.39, 0.29) is 6.04 Å². The van der Waals surface area contributed by atoms with Crippen molar-refractivity contribution >= 4 is 11.0 Å². The molecule has 21 heavy (non-hydrogen) atoms. The predicted octanol–water partition coefficient (Wildman–Crippen LogP) is 3.69. The number of para-hydroxylation sites is 2. The summed E-state index contributed by atoms with van der Waals surface area (Å²) in [5.74, 6) is -0.343. The number of H-pyrrole nitrogens is 1. The third kappa shape index (κ3) is 3.08. The molecule has 1 unspecified atom stereocenters. The molecule has 0 saturated heterocycles. The van der Waals surface area contributed by atoms with Crippen LogP contribution in [0.1, 0.15) is 24.4 Å². The van der Waals surface area contributed by atoms with Crippen molar-refractivity contribution < 1.29 is 8.78 Å². The van der Waals surface area contributed by atoms with Gasteiger partial charge in [0.15, 0.2) is 0 Å². The highest BCUT2D eigenvalue weighted by Gasteiger charge is 2.09. The van der Waals surface area contributed by atoms with E-state index in [0.717, 1.165) is 22.9 Å². The van der Waals surface area contributed by atoms with Gasteiger partial charge in [0.1, 0.15) is 17.5 Å². The maximum Gasteiger partial charge on any atom is 0.126 e. The zero-order valence-electron chi connectivity index (χ0n) is 11.5. The Kier molecular flexibility index (Phi) is 3.66. The Morgan fingerprint density at radius 2 is 1.86 bits per heavy atom. The van der Waals surface area contributed by atoms with Crippen LogP contribution in [0.25, 0.3) is 11.0 Å². The van der Waals surface area contributed by atoms with Crippen LogP contribution in [0.5, 0.6) is 0 Å². The summed E-state index contributed by atoms with van der Waals surface area (Å²) in [6.45, 7) is 2.35. The van der Waals surface area contributed by atoms with Gasteiger partial charge in [0.2, 0.25) is 0 Å². The number of fused-ring (bicyclic) bond motifs is 1. The molecule has 0 aliphatic carbocycles. The molecule has 0 spiro atoms. The van der Waals surface area contributed by atoms with Gasteiger partial charge in [-0.2, -0.15) is 0 Å². The number of nitrogens with one attached hydrogen (secondary N) is 2. The number of aromatic amines is 1. The molecule has 3 rings (SSSR count). The van der Waals surface area contributed by atoms with Crippen LogP contribution in [0.2, 0.25) is 0 Å². The van der Waals surface area contributed by atoms with E-state index in [0.29, 0.717) is 12.1 Å². The van der Waals surface area contributed by atoms with Crippen LogP contribution in [0.4, 0.5) is 8.78 Å². The van der Waals surface area contributed by atoms with Crippen molar-refractivity contribution in [3.05, 3.63) is 65.5 Å². The normalized spacial score (nSPS) is 12.7. The Balaban J connectivity index is 1.71. The number of rotatable bonds is 4. The molecule has 0 bridgehead atoms. The average molecular weight is 287 g/mol. The fraction of sp³-hybridized carbons (Fsp3) is 0.188. The molecule has 0 radical (unpaired) electrons. The molecule has 0 aliphatic rings. The van der Waals surface area contributed by atoms with Crippen LogP contribution >= 0.6 is 0 Å². The van der Waals surface area contributed by atoms with Gasteiger partial charge in [-0.25, -0.2) is 13.8 Å². The Labute approximate surface area is 121 Å². The number of imidazole rings is 1. The van der Waals surface area contributed by atoms with E-state index in [4.69, 9.17) is 0 Å². The third-order valence-electron chi connectivity index (χ3n) is 3.40. The molecular formula is C16H15F2N3. The van der Waals surface area contributed by atoms with Crippen LogP contribution in [0.3, 0.4) is 0 Å². The van der Waals surface area contributed by atoms with Crippen LogP contribution in [0.15, 0.2) is 42.5 Å². The Morgan fingerprint density at radius 1 is 1.14 bits per heavy atom. The summed E-state index contributed by atoms with van der Waals surface area (Å²) in [5, 5.41) is 3.20. The molecule has 2 N–H and O–H groups in total. The number of halogens is 2. The summed E-state index contributed by atoms with van der Waals surface area (Å²) in [6.07, 6.45) is 0.